The van der Waals surface area contributed by atoms with Gasteiger partial charge < -0.3 is 49.7 Å². The van der Waals surface area contributed by atoms with Crippen LogP contribution in [0.25, 0.3) is 10.9 Å². The van der Waals surface area contributed by atoms with Crippen molar-refractivity contribution in [2.24, 2.45) is 18.4 Å². The van der Waals surface area contributed by atoms with Crippen LogP contribution in [0, 0.1) is 11.3 Å². The van der Waals surface area contributed by atoms with Crippen molar-refractivity contribution in [2.45, 2.75) is 183 Å². The number of hydrogen-bond donors (Lipinski definition) is 4. The quantitative estimate of drug-likeness (QED) is 0.0388. The molecule has 2 aromatic rings. The largest absolute Gasteiger partial charge is 0.467 e. The summed E-state index contributed by atoms with van der Waals surface area (Å²) >= 11 is 0. The van der Waals surface area contributed by atoms with Crippen LogP contribution in [0.4, 0.5) is 9.59 Å². The number of likely N-dealkylation sites (N-methyl/N-ethyl adjacent to an activating group) is 2. The summed E-state index contributed by atoms with van der Waals surface area (Å²) in [6.07, 6.45) is 2.99. The number of carbonyl (C=O) groups excluding carboxylic acids is 8. The minimum absolute atomic E-state index is 0.00588. The van der Waals surface area contributed by atoms with Crippen molar-refractivity contribution < 1.29 is 57.3 Å². The molecule has 1 heterocycles. The van der Waals surface area contributed by atoms with Crippen molar-refractivity contribution in [2.75, 3.05) is 34.4 Å². The number of rotatable bonds is 23. The van der Waals surface area contributed by atoms with Gasteiger partial charge in [-0.05, 0) is 104 Å². The predicted octanol–water partition coefficient (Wildman–Crippen LogP) is 6.83. The van der Waals surface area contributed by atoms with Crippen LogP contribution in [0.1, 0.15) is 142 Å². The average molecular weight is 1030 g/mol. The molecule has 0 aliphatic heterocycles. The minimum Gasteiger partial charge on any atom is -0.467 e. The number of aromatic nitrogens is 1. The molecule has 19 heteroatoms. The first-order valence-electron chi connectivity index (χ1n) is 25.1. The highest BCUT2D eigenvalue weighted by Crippen LogP contribution is 2.37. The van der Waals surface area contributed by atoms with E-state index in [1.54, 1.807) is 61.6 Å². The van der Waals surface area contributed by atoms with E-state index in [0.717, 1.165) is 16.5 Å². The van der Waals surface area contributed by atoms with Gasteiger partial charge in [-0.2, -0.15) is 0 Å². The standard InChI is InChI=1S/C54H87N7O12/c1-20-71-48(67)38(28-29-41(62)56-37(47(66)70-19)26-23-24-30-55-49(68)72-52(8,9)10)57-44(63)34(4)31-40(33(2)3)60(17)46(65)42(51(5,6)7)58-45(64)43(61(18)50(69)73-53(11,12)13)54(14,15)36-32-59(16)39-27-22-21-25-35(36)39/h21-22,25,27,31-33,37-38,40,42-43H,20,23-24,26,28-30H2,1-19H3,(H,55,68)(H,56,62)(H,57,63)(H,58,64)/b34-31+/t37-,38+,40+,42+,43+/m0/s1. The van der Waals surface area contributed by atoms with Gasteiger partial charge >= 0.3 is 24.1 Å². The Labute approximate surface area is 433 Å². The number of nitrogens with zero attached hydrogens (tertiary/aromatic N) is 3. The van der Waals surface area contributed by atoms with E-state index >= 15 is 0 Å². The summed E-state index contributed by atoms with van der Waals surface area (Å²) in [4.78, 5) is 111. The topological polar surface area (TPSA) is 233 Å². The highest BCUT2D eigenvalue weighted by Gasteiger charge is 2.47. The first-order valence-corrected chi connectivity index (χ1v) is 25.1. The number of methoxy groups -OCH3 is 1. The lowest BCUT2D eigenvalue weighted by Gasteiger charge is -2.42. The van der Waals surface area contributed by atoms with Gasteiger partial charge in [0.05, 0.1) is 19.8 Å². The molecule has 0 unspecified atom stereocenters. The zero-order valence-electron chi connectivity index (χ0n) is 47.1. The first-order chi connectivity index (χ1) is 33.6. The molecule has 0 saturated heterocycles. The van der Waals surface area contributed by atoms with Gasteiger partial charge in [0.25, 0.3) is 0 Å². The third kappa shape index (κ3) is 19.0. The second kappa shape index (κ2) is 26.7. The number of hydrogen-bond acceptors (Lipinski definition) is 12. The lowest BCUT2D eigenvalue weighted by Crippen LogP contribution is -2.63. The third-order valence-electron chi connectivity index (χ3n) is 12.2. The molecule has 0 bridgehead atoms. The number of aryl methyl sites for hydroxylation is 1. The summed E-state index contributed by atoms with van der Waals surface area (Å²) in [6.45, 7) is 26.9. The Morgan fingerprint density at radius 1 is 0.767 bits per heavy atom. The van der Waals surface area contributed by atoms with Crippen molar-refractivity contribution in [1.82, 2.24) is 35.6 Å². The molecule has 0 spiro atoms. The van der Waals surface area contributed by atoms with Crippen LogP contribution < -0.4 is 21.3 Å². The molecule has 410 valence electrons. The van der Waals surface area contributed by atoms with Crippen LogP contribution in [0.2, 0.25) is 0 Å². The average Bonchev–Trinajstić information content (AvgIpc) is 3.62. The molecule has 1 aromatic heterocycles. The number of fused-ring (bicyclic) bond motifs is 1. The van der Waals surface area contributed by atoms with Gasteiger partial charge in [-0.25, -0.2) is 19.2 Å². The summed E-state index contributed by atoms with van der Waals surface area (Å²) in [5.41, 5.74) is -1.48. The van der Waals surface area contributed by atoms with Crippen LogP contribution in [0.5, 0.6) is 0 Å². The number of alkyl carbamates (subject to hydrolysis) is 1. The third-order valence-corrected chi connectivity index (χ3v) is 12.2. The van der Waals surface area contributed by atoms with Gasteiger partial charge in [-0.1, -0.05) is 72.7 Å². The van der Waals surface area contributed by atoms with E-state index in [2.05, 4.69) is 21.3 Å². The molecule has 0 saturated carbocycles. The summed E-state index contributed by atoms with van der Waals surface area (Å²) in [5, 5.41) is 11.9. The van der Waals surface area contributed by atoms with E-state index in [1.807, 2.05) is 90.5 Å². The maximum Gasteiger partial charge on any atom is 0.410 e. The van der Waals surface area contributed by atoms with E-state index < -0.39 is 100.0 Å². The van der Waals surface area contributed by atoms with Gasteiger partial charge in [0.15, 0.2) is 0 Å². The van der Waals surface area contributed by atoms with Crippen LogP contribution in [-0.4, -0.2) is 138 Å². The summed E-state index contributed by atoms with van der Waals surface area (Å²) in [7, 11) is 6.22. The number of unbranched alkanes of at least 4 members (excludes halogenated alkanes) is 1. The minimum atomic E-state index is -1.25. The summed E-state index contributed by atoms with van der Waals surface area (Å²) < 4.78 is 23.1. The Morgan fingerprint density at radius 2 is 1.36 bits per heavy atom. The van der Waals surface area contributed by atoms with Crippen molar-refractivity contribution in [3.8, 4) is 0 Å². The van der Waals surface area contributed by atoms with Crippen LogP contribution in [-0.2, 0) is 60.2 Å². The fraction of sp³-hybridized carbons (Fsp3) is 0.667. The SMILES string of the molecule is CCOC(=O)[C@@H](CCC(=O)N[C@@H](CCCCNC(=O)OC(C)(C)C)C(=O)OC)NC(=O)/C(C)=C/[C@H](C(C)C)N(C)C(=O)[C@@H](NC(=O)[C@@H](N(C)C(=O)OC(C)(C)C)C(C)(C)c1cn(C)c2ccccc12)C(C)(C)C. The Kier molecular flexibility index (Phi) is 23.0. The van der Waals surface area contributed by atoms with Crippen molar-refractivity contribution in [1.29, 1.82) is 0 Å². The molecule has 1 aromatic carbocycles. The number of amides is 6. The lowest BCUT2D eigenvalue weighted by molar-refractivity contribution is -0.148. The zero-order valence-corrected chi connectivity index (χ0v) is 47.1. The predicted molar refractivity (Wildman–Crippen MR) is 280 cm³/mol. The molecule has 0 fully saturated rings. The molecular formula is C54H87N7O12. The molecule has 4 N–H and O–H groups in total. The summed E-state index contributed by atoms with van der Waals surface area (Å²) in [6, 6.07) is 2.56. The molecule has 73 heavy (non-hydrogen) atoms. The van der Waals surface area contributed by atoms with Gasteiger partial charge in [0.1, 0.15) is 35.4 Å². The first kappa shape index (κ1) is 63.0. The van der Waals surface area contributed by atoms with E-state index in [9.17, 15) is 38.4 Å². The van der Waals surface area contributed by atoms with Gasteiger partial charge in [-0.3, -0.25) is 24.1 Å². The monoisotopic (exact) mass is 1030 g/mol. The number of ether oxygens (including phenoxy) is 4. The van der Waals surface area contributed by atoms with Crippen molar-refractivity contribution >= 4 is 58.7 Å². The lowest BCUT2D eigenvalue weighted by atomic mass is 9.76. The van der Waals surface area contributed by atoms with Crippen LogP contribution in [0.15, 0.2) is 42.1 Å². The van der Waals surface area contributed by atoms with Crippen LogP contribution >= 0.6 is 0 Å². The zero-order chi connectivity index (χ0) is 56.0. The molecule has 19 nitrogen and oxygen atoms in total. The Hall–Kier alpha value is -6.14. The maximum atomic E-state index is 15.0. The molecule has 6 amide bonds. The van der Waals surface area contributed by atoms with Gasteiger partial charge in [0, 0.05) is 62.2 Å². The molecule has 0 aliphatic rings. The van der Waals surface area contributed by atoms with E-state index in [1.165, 1.54) is 30.9 Å². The number of benzene rings is 1. The van der Waals surface area contributed by atoms with Crippen LogP contribution in [0.3, 0.4) is 0 Å². The van der Waals surface area contributed by atoms with Crippen molar-refractivity contribution in [3.63, 3.8) is 0 Å². The fourth-order valence-electron chi connectivity index (χ4n) is 8.41. The Morgan fingerprint density at radius 3 is 1.90 bits per heavy atom. The molecular weight excluding hydrogens is 939 g/mol. The smallest absolute Gasteiger partial charge is 0.410 e. The van der Waals surface area contributed by atoms with E-state index in [-0.39, 0.29) is 43.9 Å². The number of para-hydroxylation sites is 1. The number of esters is 2. The number of nitrogens with one attached hydrogen (secondary N) is 4. The Balaban J connectivity index is 2.37. The molecule has 0 aliphatic carbocycles. The van der Waals surface area contributed by atoms with E-state index in [0.29, 0.717) is 12.8 Å². The highest BCUT2D eigenvalue weighted by molar-refractivity contribution is 5.97. The normalized spacial score (nSPS) is 14.4. The second-order valence-corrected chi connectivity index (χ2v) is 22.6. The number of carbonyl (C=O) groups is 8. The van der Waals surface area contributed by atoms with E-state index in [4.69, 9.17) is 18.9 Å². The maximum absolute atomic E-state index is 15.0. The molecule has 5 atom stereocenters. The fourth-order valence-corrected chi connectivity index (χ4v) is 8.41. The van der Waals surface area contributed by atoms with Crippen molar-refractivity contribution in [3.05, 3.63) is 47.7 Å². The van der Waals surface area contributed by atoms with Gasteiger partial charge in [0.2, 0.25) is 23.6 Å². The summed E-state index contributed by atoms with van der Waals surface area (Å²) in [5.74, 6) is -3.94. The second-order valence-electron chi connectivity index (χ2n) is 22.6. The Bertz CT molecular complexity index is 2280. The highest BCUT2D eigenvalue weighted by atomic mass is 16.6. The molecule has 0 radical (unpaired) electrons. The molecule has 2 rings (SSSR count). The van der Waals surface area contributed by atoms with Gasteiger partial charge in [-0.15, -0.1) is 0 Å².